The van der Waals surface area contributed by atoms with Crippen molar-refractivity contribution in [3.63, 3.8) is 0 Å². The van der Waals surface area contributed by atoms with Crippen molar-refractivity contribution in [3.8, 4) is 0 Å². The Balaban J connectivity index is 2.31. The minimum absolute atomic E-state index is 0.0971. The van der Waals surface area contributed by atoms with E-state index in [1.807, 2.05) is 0 Å². The standard InChI is InChI=1S/C13H10F2N2O2/c1-7-2-4-9(14)12(11(7)15)17-13(19)8-3-5-10(18)16-6-8/h2-6H,1H3,(H,16,18)(H,17,19). The van der Waals surface area contributed by atoms with E-state index in [2.05, 4.69) is 10.3 Å². The van der Waals surface area contributed by atoms with Gasteiger partial charge in [-0.1, -0.05) is 6.07 Å². The Morgan fingerprint density at radius 3 is 2.58 bits per heavy atom. The van der Waals surface area contributed by atoms with Gasteiger partial charge in [0.25, 0.3) is 5.91 Å². The maximum Gasteiger partial charge on any atom is 0.257 e. The van der Waals surface area contributed by atoms with E-state index in [4.69, 9.17) is 0 Å². The van der Waals surface area contributed by atoms with Gasteiger partial charge < -0.3 is 10.3 Å². The van der Waals surface area contributed by atoms with Crippen molar-refractivity contribution >= 4 is 11.6 Å². The molecule has 0 fully saturated rings. The minimum Gasteiger partial charge on any atom is -0.328 e. The first-order chi connectivity index (χ1) is 8.99. The molecule has 2 N–H and O–H groups in total. The molecule has 0 aliphatic heterocycles. The van der Waals surface area contributed by atoms with Crippen LogP contribution >= 0.6 is 0 Å². The molecule has 0 saturated heterocycles. The number of anilines is 1. The van der Waals surface area contributed by atoms with Crippen molar-refractivity contribution in [2.45, 2.75) is 6.92 Å². The molecule has 2 aromatic rings. The van der Waals surface area contributed by atoms with Crippen molar-refractivity contribution in [1.29, 1.82) is 0 Å². The summed E-state index contributed by atoms with van der Waals surface area (Å²) >= 11 is 0. The normalized spacial score (nSPS) is 10.3. The van der Waals surface area contributed by atoms with Crippen LogP contribution in [0.4, 0.5) is 14.5 Å². The smallest absolute Gasteiger partial charge is 0.257 e. The van der Waals surface area contributed by atoms with Crippen LogP contribution in [0.3, 0.4) is 0 Å². The fourth-order valence-electron chi connectivity index (χ4n) is 1.51. The predicted molar refractivity (Wildman–Crippen MR) is 66.1 cm³/mol. The Morgan fingerprint density at radius 2 is 1.95 bits per heavy atom. The van der Waals surface area contributed by atoms with E-state index in [0.29, 0.717) is 0 Å². The van der Waals surface area contributed by atoms with Gasteiger partial charge in [-0.3, -0.25) is 9.59 Å². The molecule has 4 nitrogen and oxygen atoms in total. The summed E-state index contributed by atoms with van der Waals surface area (Å²) in [5.41, 5.74) is -0.557. The second-order valence-corrected chi connectivity index (χ2v) is 3.95. The monoisotopic (exact) mass is 264 g/mol. The number of aromatic nitrogens is 1. The van der Waals surface area contributed by atoms with E-state index in [1.54, 1.807) is 0 Å². The molecule has 0 atom stereocenters. The first-order valence-electron chi connectivity index (χ1n) is 5.43. The Kier molecular flexibility index (Phi) is 3.41. The number of carbonyl (C=O) groups excluding carboxylic acids is 1. The molecule has 1 aromatic carbocycles. The summed E-state index contributed by atoms with van der Waals surface area (Å²) in [6.45, 7) is 1.46. The summed E-state index contributed by atoms with van der Waals surface area (Å²) in [6.07, 6.45) is 1.17. The maximum atomic E-state index is 13.7. The zero-order chi connectivity index (χ0) is 14.0. The molecular formula is C13H10F2N2O2. The Morgan fingerprint density at radius 1 is 1.21 bits per heavy atom. The third-order valence-corrected chi connectivity index (χ3v) is 2.57. The van der Waals surface area contributed by atoms with Gasteiger partial charge in [0.2, 0.25) is 5.56 Å². The summed E-state index contributed by atoms with van der Waals surface area (Å²) in [6, 6.07) is 4.76. The van der Waals surface area contributed by atoms with Crippen LogP contribution in [0, 0.1) is 18.6 Å². The van der Waals surface area contributed by atoms with Gasteiger partial charge in [-0.2, -0.15) is 0 Å². The maximum absolute atomic E-state index is 13.7. The molecule has 0 bridgehead atoms. The van der Waals surface area contributed by atoms with Crippen LogP contribution in [0.25, 0.3) is 0 Å². The number of nitrogens with one attached hydrogen (secondary N) is 2. The Hall–Kier alpha value is -2.50. The van der Waals surface area contributed by atoms with Crippen LogP contribution in [-0.2, 0) is 0 Å². The van der Waals surface area contributed by atoms with Gasteiger partial charge in [0.15, 0.2) is 5.82 Å². The molecule has 19 heavy (non-hydrogen) atoms. The Labute approximate surface area is 107 Å². The third-order valence-electron chi connectivity index (χ3n) is 2.57. The van der Waals surface area contributed by atoms with E-state index >= 15 is 0 Å². The number of H-pyrrole nitrogens is 1. The van der Waals surface area contributed by atoms with Gasteiger partial charge in [-0.25, -0.2) is 8.78 Å². The van der Waals surface area contributed by atoms with Gasteiger partial charge in [0.1, 0.15) is 11.5 Å². The highest BCUT2D eigenvalue weighted by Crippen LogP contribution is 2.22. The summed E-state index contributed by atoms with van der Waals surface area (Å²) in [7, 11) is 0. The quantitative estimate of drug-likeness (QED) is 0.873. The molecule has 1 heterocycles. The second-order valence-electron chi connectivity index (χ2n) is 3.95. The predicted octanol–water partition coefficient (Wildman–Crippen LogP) is 2.21. The van der Waals surface area contributed by atoms with E-state index in [0.717, 1.165) is 12.1 Å². The van der Waals surface area contributed by atoms with E-state index in [9.17, 15) is 18.4 Å². The van der Waals surface area contributed by atoms with Crippen LogP contribution in [0.1, 0.15) is 15.9 Å². The number of halogens is 2. The number of pyridine rings is 1. The zero-order valence-electron chi connectivity index (χ0n) is 9.96. The van der Waals surface area contributed by atoms with Crippen LogP contribution in [0.5, 0.6) is 0 Å². The SMILES string of the molecule is Cc1ccc(F)c(NC(=O)c2ccc(=O)[nH]c2)c1F. The first kappa shape index (κ1) is 12.9. The zero-order valence-corrected chi connectivity index (χ0v) is 9.96. The fourth-order valence-corrected chi connectivity index (χ4v) is 1.51. The van der Waals surface area contributed by atoms with E-state index in [1.165, 1.54) is 25.3 Å². The minimum atomic E-state index is -0.860. The highest BCUT2D eigenvalue weighted by Gasteiger charge is 2.15. The lowest BCUT2D eigenvalue weighted by Gasteiger charge is -2.09. The molecule has 0 saturated carbocycles. The second kappa shape index (κ2) is 5.01. The lowest BCUT2D eigenvalue weighted by molar-refractivity contribution is 0.102. The Bertz CT molecular complexity index is 675. The topological polar surface area (TPSA) is 62.0 Å². The van der Waals surface area contributed by atoms with Crippen LogP contribution in [0.2, 0.25) is 0 Å². The summed E-state index contributed by atoms with van der Waals surface area (Å²) < 4.78 is 27.1. The van der Waals surface area contributed by atoms with E-state index < -0.39 is 23.2 Å². The number of aryl methyl sites for hydroxylation is 1. The third kappa shape index (κ3) is 2.67. The van der Waals surface area contributed by atoms with Crippen molar-refractivity contribution in [3.05, 3.63) is 63.6 Å². The molecule has 1 amide bonds. The number of rotatable bonds is 2. The van der Waals surface area contributed by atoms with Crippen LogP contribution < -0.4 is 10.9 Å². The van der Waals surface area contributed by atoms with Crippen molar-refractivity contribution in [2.75, 3.05) is 5.32 Å². The van der Waals surface area contributed by atoms with Crippen LogP contribution in [0.15, 0.2) is 35.3 Å². The fraction of sp³-hybridized carbons (Fsp3) is 0.0769. The average Bonchev–Trinajstić information content (AvgIpc) is 2.40. The van der Waals surface area contributed by atoms with E-state index in [-0.39, 0.29) is 16.7 Å². The highest BCUT2D eigenvalue weighted by molar-refractivity contribution is 6.04. The molecule has 0 spiro atoms. The van der Waals surface area contributed by atoms with Gasteiger partial charge in [-0.15, -0.1) is 0 Å². The number of benzene rings is 1. The van der Waals surface area contributed by atoms with Gasteiger partial charge in [0, 0.05) is 12.3 Å². The number of aromatic amines is 1. The van der Waals surface area contributed by atoms with Gasteiger partial charge in [-0.05, 0) is 24.6 Å². The van der Waals surface area contributed by atoms with Gasteiger partial charge in [0.05, 0.1) is 5.56 Å². The molecule has 2 rings (SSSR count). The number of carbonyl (C=O) groups is 1. The number of hydrogen-bond donors (Lipinski definition) is 2. The molecular weight excluding hydrogens is 254 g/mol. The van der Waals surface area contributed by atoms with Crippen molar-refractivity contribution in [1.82, 2.24) is 4.98 Å². The molecule has 0 aliphatic carbocycles. The summed E-state index contributed by atoms with van der Waals surface area (Å²) in [5, 5.41) is 2.14. The molecule has 0 radical (unpaired) electrons. The molecule has 6 heteroatoms. The van der Waals surface area contributed by atoms with Gasteiger partial charge >= 0.3 is 0 Å². The largest absolute Gasteiger partial charge is 0.328 e. The number of amides is 1. The first-order valence-corrected chi connectivity index (χ1v) is 5.43. The lowest BCUT2D eigenvalue weighted by Crippen LogP contribution is -2.16. The molecule has 98 valence electrons. The van der Waals surface area contributed by atoms with Crippen LogP contribution in [-0.4, -0.2) is 10.9 Å². The number of hydrogen-bond acceptors (Lipinski definition) is 2. The van der Waals surface area contributed by atoms with Crippen molar-refractivity contribution < 1.29 is 13.6 Å². The lowest BCUT2D eigenvalue weighted by atomic mass is 10.2. The average molecular weight is 264 g/mol. The molecule has 0 aliphatic rings. The molecule has 1 aromatic heterocycles. The summed E-state index contributed by atoms with van der Waals surface area (Å²) in [5.74, 6) is -2.39. The summed E-state index contributed by atoms with van der Waals surface area (Å²) in [4.78, 5) is 24.9. The highest BCUT2D eigenvalue weighted by atomic mass is 19.1. The van der Waals surface area contributed by atoms with Crippen molar-refractivity contribution in [2.24, 2.45) is 0 Å². The molecule has 0 unspecified atom stereocenters.